The van der Waals surface area contributed by atoms with Gasteiger partial charge in [-0.1, -0.05) is 17.7 Å². The number of esters is 1. The predicted octanol–water partition coefficient (Wildman–Crippen LogP) is 2.25. The minimum Gasteiger partial charge on any atom is -0.465 e. The molecular formula is C16H16ClN3O3. The van der Waals surface area contributed by atoms with Crippen LogP contribution in [-0.2, 0) is 16.1 Å². The van der Waals surface area contributed by atoms with E-state index in [4.69, 9.17) is 11.6 Å². The van der Waals surface area contributed by atoms with Crippen LogP contribution >= 0.6 is 11.6 Å². The van der Waals surface area contributed by atoms with Crippen molar-refractivity contribution in [3.05, 3.63) is 58.9 Å². The molecule has 0 aliphatic carbocycles. The molecule has 0 fully saturated rings. The number of rotatable bonds is 6. The van der Waals surface area contributed by atoms with Gasteiger partial charge in [0.1, 0.15) is 0 Å². The second-order valence-corrected chi connectivity index (χ2v) is 5.07. The second kappa shape index (κ2) is 8.26. The van der Waals surface area contributed by atoms with Crippen LogP contribution < -0.4 is 10.6 Å². The highest BCUT2D eigenvalue weighted by molar-refractivity contribution is 6.33. The Hall–Kier alpha value is -2.44. The summed E-state index contributed by atoms with van der Waals surface area (Å²) >= 11 is 6.02. The fraction of sp³-hybridized carbons (Fsp3) is 0.188. The highest BCUT2D eigenvalue weighted by Crippen LogP contribution is 2.23. The standard InChI is InChI=1S/C16H16ClN3O3/c1-23-16(22)11-5-6-13(17)14(8-11)20-15(21)10-18-9-12-4-2-3-7-19-12/h2-8,18H,9-10H2,1H3,(H,20,21). The van der Waals surface area contributed by atoms with Gasteiger partial charge in [-0.3, -0.25) is 9.78 Å². The van der Waals surface area contributed by atoms with Crippen molar-refractivity contribution in [2.45, 2.75) is 6.54 Å². The van der Waals surface area contributed by atoms with E-state index in [0.717, 1.165) is 5.69 Å². The quantitative estimate of drug-likeness (QED) is 0.792. The minimum atomic E-state index is -0.495. The van der Waals surface area contributed by atoms with Gasteiger partial charge in [-0.05, 0) is 30.3 Å². The third-order valence-corrected chi connectivity index (χ3v) is 3.31. The Morgan fingerprint density at radius 3 is 2.78 bits per heavy atom. The maximum Gasteiger partial charge on any atom is 0.337 e. The lowest BCUT2D eigenvalue weighted by molar-refractivity contribution is -0.115. The molecular weight excluding hydrogens is 318 g/mol. The number of ether oxygens (including phenoxy) is 1. The first-order chi connectivity index (χ1) is 11.1. The molecule has 2 aromatic rings. The van der Waals surface area contributed by atoms with Gasteiger partial charge in [-0.25, -0.2) is 4.79 Å². The van der Waals surface area contributed by atoms with Crippen LogP contribution in [0, 0.1) is 0 Å². The van der Waals surface area contributed by atoms with Gasteiger partial charge >= 0.3 is 5.97 Å². The maximum atomic E-state index is 11.9. The Morgan fingerprint density at radius 1 is 1.26 bits per heavy atom. The fourth-order valence-electron chi connectivity index (χ4n) is 1.87. The minimum absolute atomic E-state index is 0.0926. The Balaban J connectivity index is 1.91. The Morgan fingerprint density at radius 2 is 2.09 bits per heavy atom. The van der Waals surface area contributed by atoms with Crippen LogP contribution in [0.4, 0.5) is 5.69 Å². The molecule has 0 unspecified atom stereocenters. The normalized spacial score (nSPS) is 10.2. The van der Waals surface area contributed by atoms with E-state index in [1.807, 2.05) is 18.2 Å². The summed E-state index contributed by atoms with van der Waals surface area (Å²) in [5.74, 6) is -0.768. The first-order valence-electron chi connectivity index (χ1n) is 6.88. The Labute approximate surface area is 138 Å². The molecule has 1 aromatic carbocycles. The first-order valence-corrected chi connectivity index (χ1v) is 7.26. The summed E-state index contributed by atoms with van der Waals surface area (Å²) in [7, 11) is 1.29. The number of nitrogens with zero attached hydrogens (tertiary/aromatic N) is 1. The molecule has 0 aliphatic heterocycles. The average molecular weight is 334 g/mol. The van der Waals surface area contributed by atoms with E-state index in [2.05, 4.69) is 20.4 Å². The van der Waals surface area contributed by atoms with Gasteiger partial charge in [0.25, 0.3) is 0 Å². The molecule has 6 nitrogen and oxygen atoms in total. The SMILES string of the molecule is COC(=O)c1ccc(Cl)c(NC(=O)CNCc2ccccn2)c1. The van der Waals surface area contributed by atoms with Crippen LogP contribution in [0.3, 0.4) is 0 Å². The van der Waals surface area contributed by atoms with Crippen LogP contribution in [-0.4, -0.2) is 30.5 Å². The molecule has 7 heteroatoms. The van der Waals surface area contributed by atoms with Crippen molar-refractivity contribution >= 4 is 29.2 Å². The van der Waals surface area contributed by atoms with E-state index in [-0.39, 0.29) is 12.5 Å². The zero-order valence-electron chi connectivity index (χ0n) is 12.5. The molecule has 0 aliphatic rings. The van der Waals surface area contributed by atoms with Crippen LogP contribution in [0.15, 0.2) is 42.6 Å². The molecule has 1 heterocycles. The van der Waals surface area contributed by atoms with Gasteiger partial charge in [0, 0.05) is 12.7 Å². The molecule has 1 amide bonds. The monoisotopic (exact) mass is 333 g/mol. The third kappa shape index (κ3) is 5.05. The molecule has 1 aromatic heterocycles. The zero-order valence-corrected chi connectivity index (χ0v) is 13.3. The van der Waals surface area contributed by atoms with Crippen LogP contribution in [0.5, 0.6) is 0 Å². The molecule has 2 N–H and O–H groups in total. The van der Waals surface area contributed by atoms with Crippen molar-refractivity contribution in [2.75, 3.05) is 19.0 Å². The Bertz CT molecular complexity index is 692. The molecule has 0 saturated carbocycles. The second-order valence-electron chi connectivity index (χ2n) is 4.66. The fourth-order valence-corrected chi connectivity index (χ4v) is 2.03. The number of hydrogen-bond donors (Lipinski definition) is 2. The molecule has 2 rings (SSSR count). The van der Waals surface area contributed by atoms with Crippen molar-refractivity contribution in [3.8, 4) is 0 Å². The largest absolute Gasteiger partial charge is 0.465 e. The Kier molecular flexibility index (Phi) is 6.08. The van der Waals surface area contributed by atoms with Gasteiger partial charge in [0.15, 0.2) is 0 Å². The number of methoxy groups -OCH3 is 1. The van der Waals surface area contributed by atoms with Crippen LogP contribution in [0.25, 0.3) is 0 Å². The summed E-state index contributed by atoms with van der Waals surface area (Å²) in [5.41, 5.74) is 1.51. The van der Waals surface area contributed by atoms with E-state index >= 15 is 0 Å². The molecule has 0 spiro atoms. The number of pyridine rings is 1. The number of halogens is 1. The van der Waals surface area contributed by atoms with Crippen LogP contribution in [0.1, 0.15) is 16.1 Å². The molecule has 0 atom stereocenters. The van der Waals surface area contributed by atoms with Crippen molar-refractivity contribution in [3.63, 3.8) is 0 Å². The van der Waals surface area contributed by atoms with E-state index < -0.39 is 5.97 Å². The summed E-state index contributed by atoms with van der Waals surface area (Å²) in [6.45, 7) is 0.569. The maximum absolute atomic E-state index is 11.9. The van der Waals surface area contributed by atoms with Gasteiger partial charge in [0.05, 0.1) is 35.6 Å². The molecule has 0 saturated heterocycles. The van der Waals surface area contributed by atoms with E-state index in [9.17, 15) is 9.59 Å². The highest BCUT2D eigenvalue weighted by atomic mass is 35.5. The predicted molar refractivity (Wildman–Crippen MR) is 87.4 cm³/mol. The highest BCUT2D eigenvalue weighted by Gasteiger charge is 2.11. The van der Waals surface area contributed by atoms with Gasteiger partial charge < -0.3 is 15.4 Å². The number of hydrogen-bond acceptors (Lipinski definition) is 5. The van der Waals surface area contributed by atoms with E-state index in [1.165, 1.54) is 25.3 Å². The summed E-state index contributed by atoms with van der Waals surface area (Å²) < 4.78 is 4.64. The number of carbonyl (C=O) groups excluding carboxylic acids is 2. The lowest BCUT2D eigenvalue weighted by atomic mass is 10.2. The zero-order chi connectivity index (χ0) is 16.7. The smallest absolute Gasteiger partial charge is 0.337 e. The number of nitrogens with one attached hydrogen (secondary N) is 2. The van der Waals surface area contributed by atoms with Crippen molar-refractivity contribution in [1.29, 1.82) is 0 Å². The number of carbonyl (C=O) groups is 2. The van der Waals surface area contributed by atoms with Gasteiger partial charge in [0.2, 0.25) is 5.91 Å². The van der Waals surface area contributed by atoms with Gasteiger partial charge in [-0.15, -0.1) is 0 Å². The number of aromatic nitrogens is 1. The van der Waals surface area contributed by atoms with Crippen molar-refractivity contribution in [1.82, 2.24) is 10.3 Å². The van der Waals surface area contributed by atoms with Crippen LogP contribution in [0.2, 0.25) is 5.02 Å². The first kappa shape index (κ1) is 16.9. The molecule has 120 valence electrons. The number of amides is 1. The lowest BCUT2D eigenvalue weighted by Gasteiger charge is -2.09. The van der Waals surface area contributed by atoms with Crippen molar-refractivity contribution in [2.24, 2.45) is 0 Å². The molecule has 0 radical (unpaired) electrons. The number of benzene rings is 1. The molecule has 23 heavy (non-hydrogen) atoms. The summed E-state index contributed by atoms with van der Waals surface area (Å²) in [6, 6.07) is 10.1. The van der Waals surface area contributed by atoms with Gasteiger partial charge in [-0.2, -0.15) is 0 Å². The van der Waals surface area contributed by atoms with E-state index in [0.29, 0.717) is 22.8 Å². The topological polar surface area (TPSA) is 80.3 Å². The average Bonchev–Trinajstić information content (AvgIpc) is 2.57. The van der Waals surface area contributed by atoms with E-state index in [1.54, 1.807) is 6.20 Å². The lowest BCUT2D eigenvalue weighted by Crippen LogP contribution is -2.28. The number of anilines is 1. The summed E-state index contributed by atoms with van der Waals surface area (Å²) in [4.78, 5) is 27.6. The van der Waals surface area contributed by atoms with Crippen molar-refractivity contribution < 1.29 is 14.3 Å². The summed E-state index contributed by atoms with van der Waals surface area (Å²) in [5, 5.41) is 5.98. The molecule has 0 bridgehead atoms. The summed E-state index contributed by atoms with van der Waals surface area (Å²) in [6.07, 6.45) is 1.69. The third-order valence-electron chi connectivity index (χ3n) is 2.98.